The first-order valence-electron chi connectivity index (χ1n) is 8.12. The lowest BCUT2D eigenvalue weighted by Crippen LogP contribution is -2.30. The van der Waals surface area contributed by atoms with Gasteiger partial charge in [-0.05, 0) is 67.6 Å². The van der Waals surface area contributed by atoms with E-state index in [1.807, 2.05) is 26.0 Å². The maximum atomic E-state index is 12.5. The molecule has 2 aromatic carbocycles. The second-order valence-corrected chi connectivity index (χ2v) is 6.84. The van der Waals surface area contributed by atoms with Gasteiger partial charge in [-0.2, -0.15) is 0 Å². The van der Waals surface area contributed by atoms with Crippen LogP contribution in [0.4, 0.5) is 5.69 Å². The molecule has 0 aliphatic heterocycles. The zero-order valence-corrected chi connectivity index (χ0v) is 15.6. The summed E-state index contributed by atoms with van der Waals surface area (Å²) in [7, 11) is 0. The normalized spacial score (nSPS) is 12.1. The summed E-state index contributed by atoms with van der Waals surface area (Å²) in [5, 5.41) is 3.55. The Kier molecular flexibility index (Phi) is 5.89. The largest absolute Gasteiger partial charge is 0.481 e. The van der Waals surface area contributed by atoms with Gasteiger partial charge in [-0.15, -0.1) is 0 Å². The monoisotopic (exact) mass is 345 g/mol. The van der Waals surface area contributed by atoms with Gasteiger partial charge in [-0.1, -0.05) is 37.6 Å². The number of amides is 1. The molecule has 24 heavy (non-hydrogen) atoms. The minimum Gasteiger partial charge on any atom is -0.481 e. The van der Waals surface area contributed by atoms with E-state index in [0.29, 0.717) is 10.9 Å². The van der Waals surface area contributed by atoms with E-state index in [2.05, 4.69) is 31.3 Å². The average molecular weight is 346 g/mol. The molecule has 0 heterocycles. The summed E-state index contributed by atoms with van der Waals surface area (Å²) < 4.78 is 5.95. The first-order valence-corrected chi connectivity index (χ1v) is 8.50. The van der Waals surface area contributed by atoms with Gasteiger partial charge in [-0.3, -0.25) is 4.79 Å². The Morgan fingerprint density at radius 2 is 1.79 bits per heavy atom. The quantitative estimate of drug-likeness (QED) is 0.778. The summed E-state index contributed by atoms with van der Waals surface area (Å²) >= 11 is 5.95. The first-order chi connectivity index (χ1) is 11.3. The fraction of sp³-hybridized carbons (Fsp3) is 0.350. The maximum absolute atomic E-state index is 12.5. The van der Waals surface area contributed by atoms with E-state index in [1.54, 1.807) is 19.1 Å². The summed E-state index contributed by atoms with van der Waals surface area (Å²) in [6.07, 6.45) is -0.598. The van der Waals surface area contributed by atoms with Crippen LogP contribution in [-0.2, 0) is 4.79 Å². The topological polar surface area (TPSA) is 38.3 Å². The number of carbonyl (C=O) groups is 1. The first kappa shape index (κ1) is 18.3. The number of nitrogens with one attached hydrogen (secondary N) is 1. The third kappa shape index (κ3) is 4.51. The van der Waals surface area contributed by atoms with E-state index in [-0.39, 0.29) is 5.91 Å². The molecule has 1 atom stereocenters. The molecule has 128 valence electrons. The van der Waals surface area contributed by atoms with E-state index in [4.69, 9.17) is 16.3 Å². The number of carbonyl (C=O) groups excluding carboxylic acids is 1. The molecule has 0 aromatic heterocycles. The Morgan fingerprint density at radius 1 is 1.08 bits per heavy atom. The molecule has 0 bridgehead atoms. The van der Waals surface area contributed by atoms with Crippen LogP contribution in [-0.4, -0.2) is 12.0 Å². The smallest absolute Gasteiger partial charge is 0.265 e. The van der Waals surface area contributed by atoms with E-state index in [9.17, 15) is 4.79 Å². The molecule has 0 aliphatic carbocycles. The number of rotatable bonds is 5. The minimum absolute atomic E-state index is 0.184. The Bertz CT molecular complexity index is 740. The molecule has 0 radical (unpaired) electrons. The third-order valence-electron chi connectivity index (χ3n) is 3.91. The molecular weight excluding hydrogens is 322 g/mol. The summed E-state index contributed by atoms with van der Waals surface area (Å²) in [5.74, 6) is 0.909. The van der Waals surface area contributed by atoms with E-state index >= 15 is 0 Å². The number of hydrogen-bond donors (Lipinski definition) is 1. The average Bonchev–Trinajstić information content (AvgIpc) is 2.49. The number of benzene rings is 2. The fourth-order valence-corrected chi connectivity index (χ4v) is 2.69. The number of aryl methyl sites for hydroxylation is 2. The van der Waals surface area contributed by atoms with Crippen LogP contribution < -0.4 is 10.1 Å². The van der Waals surface area contributed by atoms with Gasteiger partial charge in [0.1, 0.15) is 5.75 Å². The summed E-state index contributed by atoms with van der Waals surface area (Å²) in [6, 6.07) is 11.5. The fourth-order valence-electron chi connectivity index (χ4n) is 2.47. The summed E-state index contributed by atoms with van der Waals surface area (Å²) in [6.45, 7) is 9.90. The second-order valence-electron chi connectivity index (χ2n) is 6.40. The maximum Gasteiger partial charge on any atom is 0.265 e. The van der Waals surface area contributed by atoms with E-state index < -0.39 is 6.10 Å². The highest BCUT2D eigenvalue weighted by molar-refractivity contribution is 6.30. The molecular formula is C20H24ClNO2. The van der Waals surface area contributed by atoms with Crippen molar-refractivity contribution in [1.29, 1.82) is 0 Å². The number of halogens is 1. The highest BCUT2D eigenvalue weighted by Crippen LogP contribution is 2.28. The molecule has 3 nitrogen and oxygen atoms in total. The Labute approximate surface area is 149 Å². The molecule has 0 aliphatic rings. The lowest BCUT2D eigenvalue weighted by atomic mass is 10.0. The van der Waals surface area contributed by atoms with Crippen molar-refractivity contribution >= 4 is 23.2 Å². The van der Waals surface area contributed by atoms with Crippen LogP contribution in [0.1, 0.15) is 43.4 Å². The van der Waals surface area contributed by atoms with Gasteiger partial charge < -0.3 is 10.1 Å². The van der Waals surface area contributed by atoms with Gasteiger partial charge in [0.2, 0.25) is 0 Å². The predicted octanol–water partition coefficient (Wildman–Crippen LogP) is 5.49. The molecule has 0 saturated heterocycles. The van der Waals surface area contributed by atoms with Gasteiger partial charge in [0, 0.05) is 10.7 Å². The SMILES string of the molecule is Cc1ccc(C(C)C)c(OC(C)C(=O)Nc2ccc(Cl)cc2C)c1. The van der Waals surface area contributed by atoms with Crippen molar-refractivity contribution in [2.45, 2.75) is 46.6 Å². The van der Waals surface area contributed by atoms with Gasteiger partial charge in [-0.25, -0.2) is 0 Å². The van der Waals surface area contributed by atoms with Gasteiger partial charge in [0.05, 0.1) is 0 Å². The molecule has 0 fully saturated rings. The van der Waals surface area contributed by atoms with Crippen LogP contribution >= 0.6 is 11.6 Å². The number of hydrogen-bond acceptors (Lipinski definition) is 2. The molecule has 0 spiro atoms. The summed E-state index contributed by atoms with van der Waals surface area (Å²) in [5.41, 5.74) is 3.87. The second kappa shape index (κ2) is 7.71. The Balaban J connectivity index is 2.13. The minimum atomic E-state index is -0.598. The highest BCUT2D eigenvalue weighted by atomic mass is 35.5. The van der Waals surface area contributed by atoms with Crippen molar-refractivity contribution in [1.82, 2.24) is 0 Å². The molecule has 1 N–H and O–H groups in total. The van der Waals surface area contributed by atoms with Gasteiger partial charge >= 0.3 is 0 Å². The lowest BCUT2D eigenvalue weighted by molar-refractivity contribution is -0.122. The third-order valence-corrected chi connectivity index (χ3v) is 4.15. The zero-order valence-electron chi connectivity index (χ0n) is 14.8. The van der Waals surface area contributed by atoms with Gasteiger partial charge in [0.15, 0.2) is 6.10 Å². The molecule has 2 aromatic rings. The van der Waals surface area contributed by atoms with Crippen molar-refractivity contribution in [2.24, 2.45) is 0 Å². The number of anilines is 1. The standard InChI is InChI=1S/C20H24ClNO2/c1-12(2)17-8-6-13(3)10-19(17)24-15(5)20(23)22-18-9-7-16(21)11-14(18)4/h6-12,15H,1-5H3,(H,22,23). The Morgan fingerprint density at radius 3 is 2.42 bits per heavy atom. The number of ether oxygens (including phenoxy) is 1. The highest BCUT2D eigenvalue weighted by Gasteiger charge is 2.18. The van der Waals surface area contributed by atoms with Crippen LogP contribution in [0.2, 0.25) is 5.02 Å². The van der Waals surface area contributed by atoms with Crippen LogP contribution in [0.5, 0.6) is 5.75 Å². The van der Waals surface area contributed by atoms with Crippen LogP contribution in [0.15, 0.2) is 36.4 Å². The summed E-state index contributed by atoms with van der Waals surface area (Å²) in [4.78, 5) is 12.5. The molecule has 4 heteroatoms. The molecule has 1 amide bonds. The molecule has 2 rings (SSSR count). The zero-order chi connectivity index (χ0) is 17.9. The van der Waals surface area contributed by atoms with Crippen molar-refractivity contribution in [3.8, 4) is 5.75 Å². The van der Waals surface area contributed by atoms with Gasteiger partial charge in [0.25, 0.3) is 5.91 Å². The predicted molar refractivity (Wildman–Crippen MR) is 100 cm³/mol. The van der Waals surface area contributed by atoms with E-state index in [0.717, 1.165) is 28.1 Å². The van der Waals surface area contributed by atoms with Crippen molar-refractivity contribution < 1.29 is 9.53 Å². The Hall–Kier alpha value is -2.00. The van der Waals surface area contributed by atoms with Crippen molar-refractivity contribution in [3.05, 3.63) is 58.1 Å². The van der Waals surface area contributed by atoms with Crippen molar-refractivity contribution in [2.75, 3.05) is 5.32 Å². The van der Waals surface area contributed by atoms with Crippen LogP contribution in [0, 0.1) is 13.8 Å². The lowest BCUT2D eigenvalue weighted by Gasteiger charge is -2.20. The molecule has 1 unspecified atom stereocenters. The van der Waals surface area contributed by atoms with E-state index in [1.165, 1.54) is 0 Å². The van der Waals surface area contributed by atoms with Crippen LogP contribution in [0.3, 0.4) is 0 Å². The molecule has 0 saturated carbocycles. The van der Waals surface area contributed by atoms with Crippen molar-refractivity contribution in [3.63, 3.8) is 0 Å². The van der Waals surface area contributed by atoms with Crippen LogP contribution in [0.25, 0.3) is 0 Å².